The van der Waals surface area contributed by atoms with Gasteiger partial charge in [0.25, 0.3) is 0 Å². The SMILES string of the molecule is CSCCOc1cc2c(cc1C=O)OCO2. The third kappa shape index (κ3) is 2.24. The summed E-state index contributed by atoms with van der Waals surface area (Å²) in [7, 11) is 0. The monoisotopic (exact) mass is 240 g/mol. The molecule has 0 radical (unpaired) electrons. The summed E-state index contributed by atoms with van der Waals surface area (Å²) in [6.45, 7) is 0.767. The van der Waals surface area contributed by atoms with Crippen LogP contribution in [0.5, 0.6) is 17.2 Å². The molecule has 0 amide bonds. The molecular weight excluding hydrogens is 228 g/mol. The molecule has 1 aliphatic rings. The standard InChI is InChI=1S/C11H12O4S/c1-16-3-2-13-9-5-11-10(14-7-15-11)4-8(9)6-12/h4-6H,2-3,7H2,1H3. The van der Waals surface area contributed by atoms with Gasteiger partial charge in [-0.3, -0.25) is 4.79 Å². The average molecular weight is 240 g/mol. The van der Waals surface area contributed by atoms with E-state index in [2.05, 4.69) is 0 Å². The molecule has 0 fully saturated rings. The van der Waals surface area contributed by atoms with E-state index in [1.54, 1.807) is 23.9 Å². The molecule has 0 saturated heterocycles. The van der Waals surface area contributed by atoms with Crippen LogP contribution < -0.4 is 14.2 Å². The van der Waals surface area contributed by atoms with E-state index in [0.29, 0.717) is 29.4 Å². The van der Waals surface area contributed by atoms with Crippen LogP contribution in [0, 0.1) is 0 Å². The van der Waals surface area contributed by atoms with Crippen molar-refractivity contribution in [2.75, 3.05) is 25.4 Å². The quantitative estimate of drug-likeness (QED) is 0.581. The second-order valence-electron chi connectivity index (χ2n) is 3.20. The minimum atomic E-state index is 0.196. The van der Waals surface area contributed by atoms with Gasteiger partial charge >= 0.3 is 0 Å². The van der Waals surface area contributed by atoms with Gasteiger partial charge in [-0.05, 0) is 12.3 Å². The van der Waals surface area contributed by atoms with Crippen LogP contribution in [0.4, 0.5) is 0 Å². The van der Waals surface area contributed by atoms with E-state index in [4.69, 9.17) is 14.2 Å². The van der Waals surface area contributed by atoms with E-state index in [-0.39, 0.29) is 6.79 Å². The summed E-state index contributed by atoms with van der Waals surface area (Å²) >= 11 is 1.69. The lowest BCUT2D eigenvalue weighted by Crippen LogP contribution is -2.02. The lowest BCUT2D eigenvalue weighted by atomic mass is 10.2. The zero-order valence-electron chi connectivity index (χ0n) is 8.89. The first-order chi connectivity index (χ1) is 7.85. The van der Waals surface area contributed by atoms with Crippen molar-refractivity contribution in [3.05, 3.63) is 17.7 Å². The first-order valence-electron chi connectivity index (χ1n) is 4.85. The smallest absolute Gasteiger partial charge is 0.231 e. The number of carbonyl (C=O) groups excluding carboxylic acids is 1. The van der Waals surface area contributed by atoms with Crippen molar-refractivity contribution in [3.63, 3.8) is 0 Å². The summed E-state index contributed by atoms with van der Waals surface area (Å²) in [6.07, 6.45) is 2.76. The molecule has 1 heterocycles. The molecular formula is C11H12O4S. The van der Waals surface area contributed by atoms with Gasteiger partial charge in [0.2, 0.25) is 6.79 Å². The van der Waals surface area contributed by atoms with Gasteiger partial charge in [-0.2, -0.15) is 11.8 Å². The Morgan fingerprint density at radius 1 is 1.44 bits per heavy atom. The van der Waals surface area contributed by atoms with Crippen LogP contribution in [0.15, 0.2) is 12.1 Å². The molecule has 0 atom stereocenters. The van der Waals surface area contributed by atoms with Crippen LogP contribution in [0.25, 0.3) is 0 Å². The minimum Gasteiger partial charge on any atom is -0.492 e. The molecule has 0 spiro atoms. The first-order valence-corrected chi connectivity index (χ1v) is 6.25. The van der Waals surface area contributed by atoms with E-state index < -0.39 is 0 Å². The maximum absolute atomic E-state index is 10.9. The summed E-state index contributed by atoms with van der Waals surface area (Å²) < 4.78 is 15.9. The van der Waals surface area contributed by atoms with Gasteiger partial charge in [0.05, 0.1) is 12.2 Å². The first kappa shape index (κ1) is 11.1. The Morgan fingerprint density at radius 3 is 2.88 bits per heavy atom. The number of thioether (sulfide) groups is 1. The Labute approximate surface area is 97.9 Å². The van der Waals surface area contributed by atoms with Gasteiger partial charge in [0, 0.05) is 11.8 Å². The van der Waals surface area contributed by atoms with E-state index in [1.807, 2.05) is 6.26 Å². The van der Waals surface area contributed by atoms with Crippen LogP contribution in [0.3, 0.4) is 0 Å². The fourth-order valence-corrected chi connectivity index (χ4v) is 1.64. The zero-order chi connectivity index (χ0) is 11.4. The predicted octanol–water partition coefficient (Wildman–Crippen LogP) is 1.97. The molecule has 4 nitrogen and oxygen atoms in total. The van der Waals surface area contributed by atoms with Gasteiger partial charge in [0.1, 0.15) is 5.75 Å². The lowest BCUT2D eigenvalue weighted by molar-refractivity contribution is 0.111. The topological polar surface area (TPSA) is 44.8 Å². The van der Waals surface area contributed by atoms with E-state index in [1.165, 1.54) is 0 Å². The fourth-order valence-electron chi connectivity index (χ4n) is 1.39. The molecule has 0 N–H and O–H groups in total. The maximum Gasteiger partial charge on any atom is 0.231 e. The highest BCUT2D eigenvalue weighted by Crippen LogP contribution is 2.37. The van der Waals surface area contributed by atoms with Crippen molar-refractivity contribution >= 4 is 18.0 Å². The molecule has 5 heteroatoms. The number of fused-ring (bicyclic) bond motifs is 1. The lowest BCUT2D eigenvalue weighted by Gasteiger charge is -2.08. The van der Waals surface area contributed by atoms with Crippen molar-refractivity contribution in [2.24, 2.45) is 0 Å². The molecule has 0 bridgehead atoms. The second kappa shape index (κ2) is 5.12. The number of ether oxygens (including phenoxy) is 3. The van der Waals surface area contributed by atoms with E-state index in [9.17, 15) is 4.79 Å². The van der Waals surface area contributed by atoms with Crippen molar-refractivity contribution in [2.45, 2.75) is 0 Å². The van der Waals surface area contributed by atoms with Crippen molar-refractivity contribution < 1.29 is 19.0 Å². The highest BCUT2D eigenvalue weighted by atomic mass is 32.2. The van der Waals surface area contributed by atoms with Gasteiger partial charge in [-0.15, -0.1) is 0 Å². The predicted molar refractivity (Wildman–Crippen MR) is 61.8 cm³/mol. The van der Waals surface area contributed by atoms with Crippen molar-refractivity contribution in [3.8, 4) is 17.2 Å². The van der Waals surface area contributed by atoms with E-state index in [0.717, 1.165) is 12.0 Å². The minimum absolute atomic E-state index is 0.196. The summed E-state index contributed by atoms with van der Waals surface area (Å²) in [6, 6.07) is 3.34. The van der Waals surface area contributed by atoms with Gasteiger partial charge in [-0.25, -0.2) is 0 Å². The second-order valence-corrected chi connectivity index (χ2v) is 4.19. The number of hydrogen-bond donors (Lipinski definition) is 0. The summed E-state index contributed by atoms with van der Waals surface area (Å²) in [4.78, 5) is 10.9. The molecule has 86 valence electrons. The Morgan fingerprint density at radius 2 is 2.19 bits per heavy atom. The van der Waals surface area contributed by atoms with E-state index >= 15 is 0 Å². The maximum atomic E-state index is 10.9. The molecule has 16 heavy (non-hydrogen) atoms. The van der Waals surface area contributed by atoms with Gasteiger partial charge in [0.15, 0.2) is 17.8 Å². The molecule has 1 aromatic carbocycles. The molecule has 0 aliphatic carbocycles. The van der Waals surface area contributed by atoms with Crippen LogP contribution in [0.1, 0.15) is 10.4 Å². The molecule has 0 unspecified atom stereocenters. The molecule has 1 aromatic rings. The van der Waals surface area contributed by atoms with Crippen LogP contribution >= 0.6 is 11.8 Å². The van der Waals surface area contributed by atoms with Crippen LogP contribution in [0.2, 0.25) is 0 Å². The summed E-state index contributed by atoms with van der Waals surface area (Å²) in [5.74, 6) is 2.66. The average Bonchev–Trinajstić information content (AvgIpc) is 2.75. The molecule has 2 rings (SSSR count). The Bertz CT molecular complexity index is 392. The van der Waals surface area contributed by atoms with Gasteiger partial charge < -0.3 is 14.2 Å². The normalized spacial score (nSPS) is 12.6. The number of rotatable bonds is 5. The summed E-state index contributed by atoms with van der Waals surface area (Å²) in [5.41, 5.74) is 0.491. The molecule has 1 aliphatic heterocycles. The zero-order valence-corrected chi connectivity index (χ0v) is 9.71. The Kier molecular flexibility index (Phi) is 3.56. The Hall–Kier alpha value is -1.36. The summed E-state index contributed by atoms with van der Waals surface area (Å²) in [5, 5.41) is 0. The third-order valence-corrected chi connectivity index (χ3v) is 2.75. The molecule has 0 saturated carbocycles. The van der Waals surface area contributed by atoms with Crippen LogP contribution in [-0.4, -0.2) is 31.7 Å². The highest BCUT2D eigenvalue weighted by Gasteiger charge is 2.17. The third-order valence-electron chi connectivity index (χ3n) is 2.18. The Balaban J connectivity index is 2.18. The van der Waals surface area contributed by atoms with Crippen molar-refractivity contribution in [1.82, 2.24) is 0 Å². The van der Waals surface area contributed by atoms with Crippen LogP contribution in [-0.2, 0) is 0 Å². The number of aldehydes is 1. The van der Waals surface area contributed by atoms with Crippen molar-refractivity contribution in [1.29, 1.82) is 0 Å². The molecule has 0 aromatic heterocycles. The fraction of sp³-hybridized carbons (Fsp3) is 0.364. The number of hydrogen-bond acceptors (Lipinski definition) is 5. The number of benzene rings is 1. The highest BCUT2D eigenvalue weighted by molar-refractivity contribution is 7.98. The largest absolute Gasteiger partial charge is 0.492 e. The van der Waals surface area contributed by atoms with Gasteiger partial charge in [-0.1, -0.05) is 0 Å². The number of carbonyl (C=O) groups is 1.